The topological polar surface area (TPSA) is 78.9 Å². The number of carbonyl (C=O) groups excluding carboxylic acids is 2. The van der Waals surface area contributed by atoms with E-state index in [4.69, 9.17) is 21.4 Å². The van der Waals surface area contributed by atoms with Crippen molar-refractivity contribution in [2.75, 3.05) is 18.5 Å². The molecule has 2 aromatic carbocycles. The van der Waals surface area contributed by atoms with Gasteiger partial charge in [0, 0.05) is 11.8 Å². The lowest BCUT2D eigenvalue weighted by Crippen LogP contribution is -2.34. The van der Waals surface area contributed by atoms with Gasteiger partial charge in [0.25, 0.3) is 11.8 Å². The molecule has 0 unspecified atom stereocenters. The molecule has 1 heterocycles. The molecular weight excluding hydrogens is 375 g/mol. The van der Waals surface area contributed by atoms with Crippen molar-refractivity contribution in [2.24, 2.45) is 0 Å². The number of aliphatic hydroxyl groups is 1. The predicted octanol–water partition coefficient (Wildman–Crippen LogP) is 2.72. The third-order valence-corrected chi connectivity index (χ3v) is 4.12. The number of rotatable bonds is 7. The van der Waals surface area contributed by atoms with Crippen LogP contribution in [0.15, 0.2) is 54.2 Å². The van der Waals surface area contributed by atoms with Gasteiger partial charge < -0.3 is 15.2 Å². The van der Waals surface area contributed by atoms with Gasteiger partial charge in [-0.25, -0.2) is 4.39 Å². The summed E-state index contributed by atoms with van der Waals surface area (Å²) in [6, 6.07) is 10.9. The summed E-state index contributed by atoms with van der Waals surface area (Å²) < 4.78 is 18.8. The zero-order valence-corrected chi connectivity index (χ0v) is 14.9. The van der Waals surface area contributed by atoms with Crippen LogP contribution in [0.3, 0.4) is 0 Å². The van der Waals surface area contributed by atoms with E-state index in [9.17, 15) is 14.0 Å². The summed E-state index contributed by atoms with van der Waals surface area (Å²) >= 11 is 6.20. The van der Waals surface area contributed by atoms with Gasteiger partial charge in [-0.2, -0.15) is 0 Å². The van der Waals surface area contributed by atoms with Crippen molar-refractivity contribution < 1.29 is 23.8 Å². The Bertz CT molecular complexity index is 916. The van der Waals surface area contributed by atoms with Crippen LogP contribution in [-0.2, 0) is 16.2 Å². The number of carbonyl (C=O) groups is 2. The Morgan fingerprint density at radius 2 is 2.00 bits per heavy atom. The van der Waals surface area contributed by atoms with Crippen molar-refractivity contribution in [1.82, 2.24) is 4.90 Å². The number of hydrogen-bond donors (Lipinski definition) is 2. The summed E-state index contributed by atoms with van der Waals surface area (Å²) in [6.07, 6.45) is 1.17. The minimum atomic E-state index is -0.517. The molecule has 140 valence electrons. The summed E-state index contributed by atoms with van der Waals surface area (Å²) in [7, 11) is 0. The number of hydrogen-bond acceptors (Lipinski definition) is 5. The molecule has 0 saturated carbocycles. The number of amides is 2. The summed E-state index contributed by atoms with van der Waals surface area (Å²) in [4.78, 5) is 24.8. The van der Waals surface area contributed by atoms with Crippen molar-refractivity contribution in [1.29, 1.82) is 0 Å². The molecule has 8 heteroatoms. The van der Waals surface area contributed by atoms with Crippen LogP contribution < -0.4 is 10.1 Å². The SMILES string of the molecule is O=C1C=C(Nc2ccc(OCc3cccc(F)c3)c(Cl)c2)C(=O)N1CCO. The van der Waals surface area contributed by atoms with Gasteiger partial charge in [0.05, 0.1) is 18.2 Å². The number of nitrogens with zero attached hydrogens (tertiary/aromatic N) is 1. The second-order valence-corrected chi connectivity index (χ2v) is 6.17. The van der Waals surface area contributed by atoms with E-state index in [2.05, 4.69) is 5.32 Å². The van der Waals surface area contributed by atoms with Gasteiger partial charge >= 0.3 is 0 Å². The van der Waals surface area contributed by atoms with Crippen LogP contribution in [0.2, 0.25) is 5.02 Å². The first-order chi connectivity index (χ1) is 13.0. The maximum Gasteiger partial charge on any atom is 0.277 e. The number of halogens is 2. The number of β-amino-alcohol motifs (C(OH)–C–C–N with tert-alkyl or cyclic N) is 1. The average molecular weight is 391 g/mol. The molecule has 0 atom stereocenters. The molecular formula is C19H16ClFN2O4. The Hall–Kier alpha value is -2.90. The molecule has 6 nitrogen and oxygen atoms in total. The molecule has 0 bridgehead atoms. The van der Waals surface area contributed by atoms with Crippen molar-refractivity contribution >= 4 is 29.1 Å². The van der Waals surface area contributed by atoms with E-state index in [1.165, 1.54) is 18.2 Å². The van der Waals surface area contributed by atoms with E-state index in [0.717, 1.165) is 4.90 Å². The molecule has 2 amide bonds. The minimum absolute atomic E-state index is 0.0625. The van der Waals surface area contributed by atoms with Crippen LogP contribution in [-0.4, -0.2) is 35.0 Å². The number of aliphatic hydroxyl groups excluding tert-OH is 1. The van der Waals surface area contributed by atoms with Crippen molar-refractivity contribution in [3.8, 4) is 5.75 Å². The molecule has 0 fully saturated rings. The second kappa shape index (κ2) is 8.20. The molecule has 0 aromatic heterocycles. The second-order valence-electron chi connectivity index (χ2n) is 5.77. The van der Waals surface area contributed by atoms with E-state index < -0.39 is 11.8 Å². The zero-order valence-electron chi connectivity index (χ0n) is 14.1. The summed E-state index contributed by atoms with van der Waals surface area (Å²) in [6.45, 7) is -0.215. The van der Waals surface area contributed by atoms with Crippen LogP contribution in [0.5, 0.6) is 5.75 Å². The Morgan fingerprint density at radius 3 is 2.70 bits per heavy atom. The first-order valence-corrected chi connectivity index (χ1v) is 8.48. The molecule has 0 aliphatic carbocycles. The zero-order chi connectivity index (χ0) is 19.4. The van der Waals surface area contributed by atoms with Crippen molar-refractivity contribution in [3.05, 3.63) is 70.6 Å². The predicted molar refractivity (Wildman–Crippen MR) is 97.7 cm³/mol. The smallest absolute Gasteiger partial charge is 0.277 e. The summed E-state index contributed by atoms with van der Waals surface area (Å²) in [5, 5.41) is 12.0. The number of imide groups is 1. The van der Waals surface area contributed by atoms with Crippen LogP contribution >= 0.6 is 11.6 Å². The minimum Gasteiger partial charge on any atom is -0.487 e. The van der Waals surface area contributed by atoms with Gasteiger partial charge in [0.2, 0.25) is 0 Å². The van der Waals surface area contributed by atoms with E-state index in [1.54, 1.807) is 30.3 Å². The van der Waals surface area contributed by atoms with Crippen LogP contribution in [0.25, 0.3) is 0 Å². The Morgan fingerprint density at radius 1 is 1.19 bits per heavy atom. The molecule has 2 aromatic rings. The third-order valence-electron chi connectivity index (χ3n) is 3.83. The molecule has 1 aliphatic heterocycles. The number of ether oxygens (including phenoxy) is 1. The number of benzene rings is 2. The Labute approximate surface area is 159 Å². The average Bonchev–Trinajstić information content (AvgIpc) is 2.89. The van der Waals surface area contributed by atoms with Crippen LogP contribution in [0.1, 0.15) is 5.56 Å². The lowest BCUT2D eigenvalue weighted by molar-refractivity contribution is -0.137. The molecule has 1 aliphatic rings. The molecule has 2 N–H and O–H groups in total. The van der Waals surface area contributed by atoms with Crippen LogP contribution in [0, 0.1) is 5.82 Å². The molecule has 3 rings (SSSR count). The largest absolute Gasteiger partial charge is 0.487 e. The first-order valence-electron chi connectivity index (χ1n) is 8.10. The molecule has 27 heavy (non-hydrogen) atoms. The molecule has 0 saturated heterocycles. The highest BCUT2D eigenvalue weighted by molar-refractivity contribution is 6.32. The lowest BCUT2D eigenvalue weighted by atomic mass is 10.2. The fraction of sp³-hybridized carbons (Fsp3) is 0.158. The van der Waals surface area contributed by atoms with Gasteiger partial charge in [0.15, 0.2) is 0 Å². The fourth-order valence-corrected chi connectivity index (χ4v) is 2.78. The standard InChI is InChI=1S/C19H16ClFN2O4/c20-15-9-14(22-16-10-18(25)23(6-7-24)19(16)26)4-5-17(15)27-11-12-2-1-3-13(21)8-12/h1-5,8-10,22,24H,6-7,11H2. The highest BCUT2D eigenvalue weighted by atomic mass is 35.5. The van der Waals surface area contributed by atoms with Gasteiger partial charge in [-0.05, 0) is 35.9 Å². The van der Waals surface area contributed by atoms with Crippen molar-refractivity contribution in [3.63, 3.8) is 0 Å². The van der Waals surface area contributed by atoms with Gasteiger partial charge in [-0.15, -0.1) is 0 Å². The van der Waals surface area contributed by atoms with Crippen LogP contribution in [0.4, 0.5) is 10.1 Å². The van der Waals surface area contributed by atoms with E-state index in [1.807, 2.05) is 0 Å². The van der Waals surface area contributed by atoms with E-state index in [0.29, 0.717) is 22.0 Å². The van der Waals surface area contributed by atoms with Gasteiger partial charge in [0.1, 0.15) is 23.9 Å². The molecule has 0 radical (unpaired) electrons. The quantitative estimate of drug-likeness (QED) is 0.711. The fourth-order valence-electron chi connectivity index (χ4n) is 2.55. The summed E-state index contributed by atoms with van der Waals surface area (Å²) in [5.41, 5.74) is 1.26. The van der Waals surface area contributed by atoms with Gasteiger partial charge in [-0.3, -0.25) is 14.5 Å². The van der Waals surface area contributed by atoms with E-state index >= 15 is 0 Å². The number of anilines is 1. The van der Waals surface area contributed by atoms with E-state index in [-0.39, 0.29) is 31.3 Å². The first kappa shape index (κ1) is 18.9. The normalized spacial score (nSPS) is 13.7. The van der Waals surface area contributed by atoms with Crippen molar-refractivity contribution in [2.45, 2.75) is 6.61 Å². The Kier molecular flexibility index (Phi) is 5.73. The monoisotopic (exact) mass is 390 g/mol. The third kappa shape index (κ3) is 4.45. The maximum absolute atomic E-state index is 13.2. The number of nitrogens with one attached hydrogen (secondary N) is 1. The highest BCUT2D eigenvalue weighted by Crippen LogP contribution is 2.29. The molecule has 0 spiro atoms. The van der Waals surface area contributed by atoms with Gasteiger partial charge in [-0.1, -0.05) is 23.7 Å². The maximum atomic E-state index is 13.2. The lowest BCUT2D eigenvalue weighted by Gasteiger charge is -2.14. The highest BCUT2D eigenvalue weighted by Gasteiger charge is 2.30. The summed E-state index contributed by atoms with van der Waals surface area (Å²) in [5.74, 6) is -0.952. The Balaban J connectivity index is 1.66.